The van der Waals surface area contributed by atoms with Gasteiger partial charge in [0, 0.05) is 6.04 Å². The molecule has 0 radical (unpaired) electrons. The molecule has 0 aliphatic carbocycles. The van der Waals surface area contributed by atoms with Gasteiger partial charge in [-0.1, -0.05) is 0 Å². The predicted octanol–water partition coefficient (Wildman–Crippen LogP) is 1.49. The molecule has 0 bridgehead atoms. The van der Waals surface area contributed by atoms with E-state index in [9.17, 15) is 5.11 Å². The van der Waals surface area contributed by atoms with Gasteiger partial charge in [-0.05, 0) is 50.7 Å². The number of nitrogens with one attached hydrogen (secondary N) is 1. The Labute approximate surface area is 85.5 Å². The van der Waals surface area contributed by atoms with Gasteiger partial charge in [-0.2, -0.15) is 11.8 Å². The zero-order valence-electron chi connectivity index (χ0n) is 8.62. The molecule has 2 nitrogen and oxygen atoms in total. The van der Waals surface area contributed by atoms with Crippen LogP contribution in [0.4, 0.5) is 0 Å². The van der Waals surface area contributed by atoms with Crippen molar-refractivity contribution in [3.63, 3.8) is 0 Å². The van der Waals surface area contributed by atoms with Crippen molar-refractivity contribution in [2.75, 3.05) is 18.1 Å². The standard InChI is InChI=1S/C10H21NOS/c1-8(5-9(2)12)11-6-10-3-4-13-7-10/h8-12H,3-7H2,1-2H3. The van der Waals surface area contributed by atoms with E-state index in [2.05, 4.69) is 24.0 Å². The van der Waals surface area contributed by atoms with Crippen LogP contribution >= 0.6 is 11.8 Å². The average Bonchev–Trinajstić information content (AvgIpc) is 2.51. The van der Waals surface area contributed by atoms with Gasteiger partial charge in [-0.15, -0.1) is 0 Å². The van der Waals surface area contributed by atoms with E-state index in [1.54, 1.807) is 0 Å². The largest absolute Gasteiger partial charge is 0.393 e. The molecule has 3 heteroatoms. The summed E-state index contributed by atoms with van der Waals surface area (Å²) >= 11 is 2.06. The van der Waals surface area contributed by atoms with Crippen LogP contribution in [-0.4, -0.2) is 35.3 Å². The van der Waals surface area contributed by atoms with E-state index in [1.807, 2.05) is 6.92 Å². The van der Waals surface area contributed by atoms with E-state index >= 15 is 0 Å². The topological polar surface area (TPSA) is 32.3 Å². The smallest absolute Gasteiger partial charge is 0.0526 e. The van der Waals surface area contributed by atoms with Gasteiger partial charge in [0.15, 0.2) is 0 Å². The van der Waals surface area contributed by atoms with Crippen LogP contribution in [0, 0.1) is 5.92 Å². The second kappa shape index (κ2) is 5.89. The molecule has 0 saturated carbocycles. The Kier molecular flexibility index (Phi) is 5.14. The molecule has 3 unspecified atom stereocenters. The van der Waals surface area contributed by atoms with Crippen molar-refractivity contribution in [2.24, 2.45) is 5.92 Å². The van der Waals surface area contributed by atoms with Crippen molar-refractivity contribution in [3.05, 3.63) is 0 Å². The maximum absolute atomic E-state index is 9.17. The van der Waals surface area contributed by atoms with Crippen LogP contribution in [0.3, 0.4) is 0 Å². The molecule has 1 heterocycles. The summed E-state index contributed by atoms with van der Waals surface area (Å²) in [5.41, 5.74) is 0. The van der Waals surface area contributed by atoms with E-state index in [0.717, 1.165) is 18.9 Å². The minimum absolute atomic E-state index is 0.180. The van der Waals surface area contributed by atoms with Crippen molar-refractivity contribution >= 4 is 11.8 Å². The molecule has 0 aromatic rings. The molecule has 1 fully saturated rings. The number of hydrogen-bond donors (Lipinski definition) is 2. The zero-order chi connectivity index (χ0) is 9.68. The fraction of sp³-hybridized carbons (Fsp3) is 1.00. The average molecular weight is 203 g/mol. The molecule has 0 spiro atoms. The Morgan fingerprint density at radius 3 is 2.85 bits per heavy atom. The molecular formula is C10H21NOS. The van der Waals surface area contributed by atoms with E-state index in [1.165, 1.54) is 17.9 Å². The zero-order valence-corrected chi connectivity index (χ0v) is 9.44. The molecular weight excluding hydrogens is 182 g/mol. The summed E-state index contributed by atoms with van der Waals surface area (Å²) in [5, 5.41) is 12.7. The molecule has 0 amide bonds. The second-order valence-corrected chi connectivity index (χ2v) is 5.27. The number of hydrogen-bond acceptors (Lipinski definition) is 3. The SMILES string of the molecule is CC(O)CC(C)NCC1CCSC1. The Morgan fingerprint density at radius 2 is 2.31 bits per heavy atom. The molecule has 0 aromatic heterocycles. The van der Waals surface area contributed by atoms with E-state index in [-0.39, 0.29) is 6.10 Å². The molecule has 13 heavy (non-hydrogen) atoms. The Balaban J connectivity index is 2.03. The van der Waals surface area contributed by atoms with E-state index < -0.39 is 0 Å². The van der Waals surface area contributed by atoms with Crippen LogP contribution in [0.5, 0.6) is 0 Å². The lowest BCUT2D eigenvalue weighted by atomic mass is 10.1. The van der Waals surface area contributed by atoms with Crippen molar-refractivity contribution in [1.29, 1.82) is 0 Å². The maximum atomic E-state index is 9.17. The lowest BCUT2D eigenvalue weighted by molar-refractivity contribution is 0.170. The van der Waals surface area contributed by atoms with Gasteiger partial charge in [0.1, 0.15) is 0 Å². The first kappa shape index (κ1) is 11.3. The highest BCUT2D eigenvalue weighted by atomic mass is 32.2. The summed E-state index contributed by atoms with van der Waals surface area (Å²) in [5.74, 6) is 3.51. The highest BCUT2D eigenvalue weighted by molar-refractivity contribution is 7.99. The summed E-state index contributed by atoms with van der Waals surface area (Å²) in [6, 6.07) is 0.450. The third-order valence-electron chi connectivity index (χ3n) is 2.47. The Bertz CT molecular complexity index is 135. The Morgan fingerprint density at radius 1 is 1.54 bits per heavy atom. The van der Waals surface area contributed by atoms with Crippen LogP contribution in [0.25, 0.3) is 0 Å². The van der Waals surface area contributed by atoms with Crippen molar-refractivity contribution in [1.82, 2.24) is 5.32 Å². The molecule has 78 valence electrons. The molecule has 1 saturated heterocycles. The van der Waals surface area contributed by atoms with Gasteiger partial charge >= 0.3 is 0 Å². The van der Waals surface area contributed by atoms with Gasteiger partial charge in [-0.25, -0.2) is 0 Å². The van der Waals surface area contributed by atoms with Crippen LogP contribution in [0.15, 0.2) is 0 Å². The van der Waals surface area contributed by atoms with Crippen molar-refractivity contribution in [3.8, 4) is 0 Å². The van der Waals surface area contributed by atoms with Crippen LogP contribution in [0.2, 0.25) is 0 Å². The quantitative estimate of drug-likeness (QED) is 0.710. The van der Waals surface area contributed by atoms with Gasteiger partial charge in [-0.3, -0.25) is 0 Å². The highest BCUT2D eigenvalue weighted by Crippen LogP contribution is 2.22. The van der Waals surface area contributed by atoms with Crippen molar-refractivity contribution < 1.29 is 5.11 Å². The number of rotatable bonds is 5. The molecule has 1 aliphatic heterocycles. The maximum Gasteiger partial charge on any atom is 0.0526 e. The van der Waals surface area contributed by atoms with Crippen molar-refractivity contribution in [2.45, 2.75) is 38.8 Å². The summed E-state index contributed by atoms with van der Waals surface area (Å²) in [7, 11) is 0. The fourth-order valence-electron chi connectivity index (χ4n) is 1.71. The third-order valence-corrected chi connectivity index (χ3v) is 3.71. The predicted molar refractivity (Wildman–Crippen MR) is 59.2 cm³/mol. The molecule has 1 aliphatic rings. The van der Waals surface area contributed by atoms with Crippen LogP contribution in [0.1, 0.15) is 26.7 Å². The highest BCUT2D eigenvalue weighted by Gasteiger charge is 2.16. The number of thioether (sulfide) groups is 1. The monoisotopic (exact) mass is 203 g/mol. The lowest BCUT2D eigenvalue weighted by Gasteiger charge is -2.17. The Hall–Kier alpha value is 0.270. The summed E-state index contributed by atoms with van der Waals surface area (Å²) < 4.78 is 0. The van der Waals surface area contributed by atoms with Crippen LogP contribution < -0.4 is 5.32 Å². The third kappa shape index (κ3) is 4.89. The first-order chi connectivity index (χ1) is 6.18. The fourth-order valence-corrected chi connectivity index (χ4v) is 2.99. The molecule has 2 N–H and O–H groups in total. The second-order valence-electron chi connectivity index (χ2n) is 4.12. The van der Waals surface area contributed by atoms with Crippen LogP contribution in [-0.2, 0) is 0 Å². The normalized spacial score (nSPS) is 27.5. The first-order valence-electron chi connectivity index (χ1n) is 5.17. The number of aliphatic hydroxyl groups is 1. The molecule has 1 rings (SSSR count). The first-order valence-corrected chi connectivity index (χ1v) is 6.33. The van der Waals surface area contributed by atoms with Gasteiger partial charge < -0.3 is 10.4 Å². The summed E-state index contributed by atoms with van der Waals surface area (Å²) in [6.07, 6.45) is 2.04. The van der Waals surface area contributed by atoms with E-state index in [0.29, 0.717) is 6.04 Å². The number of aliphatic hydroxyl groups excluding tert-OH is 1. The summed E-state index contributed by atoms with van der Waals surface area (Å²) in [4.78, 5) is 0. The van der Waals surface area contributed by atoms with E-state index in [4.69, 9.17) is 0 Å². The minimum Gasteiger partial charge on any atom is -0.393 e. The van der Waals surface area contributed by atoms with Gasteiger partial charge in [0.2, 0.25) is 0 Å². The minimum atomic E-state index is -0.180. The van der Waals surface area contributed by atoms with Gasteiger partial charge in [0.25, 0.3) is 0 Å². The lowest BCUT2D eigenvalue weighted by Crippen LogP contribution is -2.33. The molecule has 3 atom stereocenters. The summed E-state index contributed by atoms with van der Waals surface area (Å²) in [6.45, 7) is 5.12. The molecule has 0 aromatic carbocycles. The van der Waals surface area contributed by atoms with Gasteiger partial charge in [0.05, 0.1) is 6.10 Å².